The molecule has 1 saturated carbocycles. The van der Waals surface area contributed by atoms with Crippen molar-refractivity contribution in [1.29, 1.82) is 0 Å². The fourth-order valence-electron chi connectivity index (χ4n) is 3.39. The van der Waals surface area contributed by atoms with Gasteiger partial charge in [-0.25, -0.2) is 0 Å². The summed E-state index contributed by atoms with van der Waals surface area (Å²) < 4.78 is 0. The summed E-state index contributed by atoms with van der Waals surface area (Å²) in [5, 5.41) is 2.98. The number of likely N-dealkylation sites (tertiary alicyclic amines) is 1. The lowest BCUT2D eigenvalue weighted by molar-refractivity contribution is -0.132. The molecule has 0 aromatic carbocycles. The number of carbonyl (C=O) groups excluding carboxylic acids is 1. The Morgan fingerprint density at radius 1 is 1.17 bits per heavy atom. The van der Waals surface area contributed by atoms with E-state index in [1.165, 1.54) is 44.9 Å². The summed E-state index contributed by atoms with van der Waals surface area (Å²) in [6, 6.07) is 0. The third-order valence-corrected chi connectivity index (χ3v) is 4.59. The first-order valence-corrected chi connectivity index (χ1v) is 7.18. The Hall–Kier alpha value is -1.01. The first-order valence-electron chi connectivity index (χ1n) is 7.18. The molecule has 0 aromatic heterocycles. The van der Waals surface area contributed by atoms with Crippen LogP contribution in [-0.2, 0) is 4.79 Å². The minimum atomic E-state index is 0.205. The molecule has 1 N–H and O–H groups in total. The fraction of sp³-hybridized carbons (Fsp3) is 0.800. The van der Waals surface area contributed by atoms with Crippen LogP contribution in [0.25, 0.3) is 0 Å². The average molecular weight is 248 g/mol. The van der Waals surface area contributed by atoms with Crippen LogP contribution in [-0.4, -0.2) is 37.0 Å². The van der Waals surface area contributed by atoms with Crippen molar-refractivity contribution in [3.05, 3.63) is 0 Å². The second kappa shape index (κ2) is 6.24. The van der Waals surface area contributed by atoms with E-state index in [1.54, 1.807) is 0 Å². The van der Waals surface area contributed by atoms with Crippen LogP contribution >= 0.6 is 0 Å². The summed E-state index contributed by atoms with van der Waals surface area (Å²) >= 11 is 0. The molecule has 0 radical (unpaired) electrons. The number of hydrogen-bond acceptors (Lipinski definition) is 2. The zero-order valence-corrected chi connectivity index (χ0v) is 11.2. The van der Waals surface area contributed by atoms with Crippen molar-refractivity contribution < 1.29 is 4.79 Å². The summed E-state index contributed by atoms with van der Waals surface area (Å²) in [6.07, 6.45) is 14.5. The quantitative estimate of drug-likeness (QED) is 0.610. The van der Waals surface area contributed by atoms with E-state index in [0.717, 1.165) is 13.1 Å². The summed E-state index contributed by atoms with van der Waals surface area (Å²) in [5.74, 6) is 2.70. The van der Waals surface area contributed by atoms with Gasteiger partial charge < -0.3 is 4.90 Å². The molecule has 3 heteroatoms. The highest BCUT2D eigenvalue weighted by molar-refractivity contribution is 5.78. The maximum atomic E-state index is 11.9. The molecular formula is C15H24N2O. The Balaban J connectivity index is 1.75. The minimum Gasteiger partial charge on any atom is -0.342 e. The van der Waals surface area contributed by atoms with E-state index < -0.39 is 0 Å². The van der Waals surface area contributed by atoms with Gasteiger partial charge >= 0.3 is 0 Å². The number of amides is 1. The number of carbonyl (C=O) groups is 1. The van der Waals surface area contributed by atoms with Gasteiger partial charge in [-0.15, -0.1) is 6.42 Å². The van der Waals surface area contributed by atoms with Gasteiger partial charge in [-0.2, -0.15) is 0 Å². The van der Waals surface area contributed by atoms with E-state index in [1.807, 2.05) is 4.90 Å². The van der Waals surface area contributed by atoms with Crippen molar-refractivity contribution in [2.45, 2.75) is 44.9 Å². The first-order chi connectivity index (χ1) is 8.76. The van der Waals surface area contributed by atoms with Crippen molar-refractivity contribution in [1.82, 2.24) is 10.2 Å². The zero-order valence-electron chi connectivity index (χ0n) is 11.2. The van der Waals surface area contributed by atoms with E-state index >= 15 is 0 Å². The van der Waals surface area contributed by atoms with Crippen LogP contribution in [0.1, 0.15) is 44.9 Å². The van der Waals surface area contributed by atoms with Crippen molar-refractivity contribution in [2.24, 2.45) is 5.41 Å². The largest absolute Gasteiger partial charge is 0.342 e. The van der Waals surface area contributed by atoms with Crippen LogP contribution < -0.4 is 5.32 Å². The second-order valence-corrected chi connectivity index (χ2v) is 5.75. The zero-order chi connectivity index (χ0) is 12.8. The third-order valence-electron chi connectivity index (χ3n) is 4.59. The van der Waals surface area contributed by atoms with E-state index in [0.29, 0.717) is 18.5 Å². The number of hydrogen-bond donors (Lipinski definition) is 1. The fourth-order valence-corrected chi connectivity index (χ4v) is 3.39. The second-order valence-electron chi connectivity index (χ2n) is 5.75. The maximum absolute atomic E-state index is 11.9. The molecule has 0 atom stereocenters. The van der Waals surface area contributed by atoms with Crippen LogP contribution in [0.5, 0.6) is 0 Å². The molecular weight excluding hydrogens is 224 g/mol. The minimum absolute atomic E-state index is 0.205. The molecule has 0 bridgehead atoms. The van der Waals surface area contributed by atoms with E-state index in [4.69, 9.17) is 6.42 Å². The summed E-state index contributed by atoms with van der Waals surface area (Å²) in [5.41, 5.74) is 0.571. The molecule has 1 spiro atoms. The number of nitrogens with zero attached hydrogens (tertiary/aromatic N) is 1. The molecule has 1 aliphatic carbocycles. The summed E-state index contributed by atoms with van der Waals surface area (Å²) in [4.78, 5) is 13.9. The normalized spacial score (nSPS) is 22.7. The van der Waals surface area contributed by atoms with Gasteiger partial charge in [0.1, 0.15) is 0 Å². The van der Waals surface area contributed by atoms with E-state index in [9.17, 15) is 4.79 Å². The molecule has 2 aliphatic rings. The van der Waals surface area contributed by atoms with Crippen LogP contribution in [0, 0.1) is 17.8 Å². The molecule has 1 saturated heterocycles. The SMILES string of the molecule is C#CCNCC(=O)N1CCC2(CCCCC2)CC1. The van der Waals surface area contributed by atoms with Gasteiger partial charge in [0, 0.05) is 13.1 Å². The lowest BCUT2D eigenvalue weighted by Gasteiger charge is -2.44. The number of terminal acetylenes is 1. The first kappa shape index (κ1) is 13.4. The van der Waals surface area contributed by atoms with Gasteiger partial charge in [-0.3, -0.25) is 10.1 Å². The number of nitrogens with one attached hydrogen (secondary N) is 1. The Kier molecular flexibility index (Phi) is 4.66. The van der Waals surface area contributed by atoms with Crippen LogP contribution in [0.4, 0.5) is 0 Å². The van der Waals surface area contributed by atoms with Gasteiger partial charge in [0.25, 0.3) is 0 Å². The summed E-state index contributed by atoms with van der Waals surface area (Å²) in [6.45, 7) is 2.74. The lowest BCUT2D eigenvalue weighted by Crippen LogP contribution is -2.46. The van der Waals surface area contributed by atoms with Crippen molar-refractivity contribution in [3.8, 4) is 12.3 Å². The molecule has 2 fully saturated rings. The lowest BCUT2D eigenvalue weighted by atomic mass is 9.68. The maximum Gasteiger partial charge on any atom is 0.236 e. The van der Waals surface area contributed by atoms with Gasteiger partial charge in [0.15, 0.2) is 0 Å². The van der Waals surface area contributed by atoms with Crippen LogP contribution in [0.3, 0.4) is 0 Å². The number of piperidine rings is 1. The predicted octanol–water partition coefficient (Wildman–Crippen LogP) is 1.78. The van der Waals surface area contributed by atoms with Crippen LogP contribution in [0.15, 0.2) is 0 Å². The monoisotopic (exact) mass is 248 g/mol. The molecule has 1 aliphatic heterocycles. The summed E-state index contributed by atoms with van der Waals surface area (Å²) in [7, 11) is 0. The third kappa shape index (κ3) is 3.26. The highest BCUT2D eigenvalue weighted by atomic mass is 16.2. The molecule has 0 aromatic rings. The van der Waals surface area contributed by atoms with Gasteiger partial charge in [0.2, 0.25) is 5.91 Å². The average Bonchev–Trinajstić information content (AvgIpc) is 2.41. The molecule has 2 rings (SSSR count). The van der Waals surface area contributed by atoms with E-state index in [-0.39, 0.29) is 5.91 Å². The van der Waals surface area contributed by atoms with Gasteiger partial charge in [0.05, 0.1) is 13.1 Å². The van der Waals surface area contributed by atoms with Crippen molar-refractivity contribution in [2.75, 3.05) is 26.2 Å². The topological polar surface area (TPSA) is 32.3 Å². The molecule has 3 nitrogen and oxygen atoms in total. The van der Waals surface area contributed by atoms with Gasteiger partial charge in [-0.1, -0.05) is 25.2 Å². The number of rotatable bonds is 3. The highest BCUT2D eigenvalue weighted by Gasteiger charge is 2.36. The molecule has 1 amide bonds. The molecule has 0 unspecified atom stereocenters. The van der Waals surface area contributed by atoms with Gasteiger partial charge in [-0.05, 0) is 31.1 Å². The standard InChI is InChI=1S/C15H24N2O/c1-2-10-16-13-14(18)17-11-8-15(9-12-17)6-4-3-5-7-15/h1,16H,3-13H2. The Morgan fingerprint density at radius 2 is 1.83 bits per heavy atom. The van der Waals surface area contributed by atoms with Crippen LogP contribution in [0.2, 0.25) is 0 Å². The Labute approximate surface area is 110 Å². The molecule has 18 heavy (non-hydrogen) atoms. The Bertz CT molecular complexity index is 316. The predicted molar refractivity (Wildman–Crippen MR) is 73.0 cm³/mol. The van der Waals surface area contributed by atoms with Crippen molar-refractivity contribution in [3.63, 3.8) is 0 Å². The molecule has 100 valence electrons. The smallest absolute Gasteiger partial charge is 0.236 e. The van der Waals surface area contributed by atoms with E-state index in [2.05, 4.69) is 11.2 Å². The van der Waals surface area contributed by atoms with Crippen molar-refractivity contribution >= 4 is 5.91 Å². The highest BCUT2D eigenvalue weighted by Crippen LogP contribution is 2.44. The Morgan fingerprint density at radius 3 is 2.44 bits per heavy atom. The molecule has 1 heterocycles.